The van der Waals surface area contributed by atoms with Crippen LogP contribution in [0.1, 0.15) is 24.8 Å². The Hall–Kier alpha value is -0.820. The second-order valence-electron chi connectivity index (χ2n) is 4.56. The van der Waals surface area contributed by atoms with Crippen LogP contribution >= 0.6 is 27.7 Å². The van der Waals surface area contributed by atoms with Gasteiger partial charge in [0.1, 0.15) is 12.0 Å². The zero-order valence-electron chi connectivity index (χ0n) is 10.7. The number of nitro groups is 1. The highest BCUT2D eigenvalue weighted by Crippen LogP contribution is 2.31. The van der Waals surface area contributed by atoms with Crippen molar-refractivity contribution in [3.8, 4) is 0 Å². The lowest BCUT2D eigenvalue weighted by atomic mass is 10.2. The van der Waals surface area contributed by atoms with Gasteiger partial charge in [0.15, 0.2) is 0 Å². The largest absolute Gasteiger partial charge is 0.368 e. The highest BCUT2D eigenvalue weighted by atomic mass is 79.9. The Balaban J connectivity index is 2.04. The maximum Gasteiger partial charge on any atom is 0.291 e. The molecule has 1 fully saturated rings. The van der Waals surface area contributed by atoms with Crippen molar-refractivity contribution in [2.75, 3.05) is 17.6 Å². The molecule has 0 bridgehead atoms. The standard InChI is InChI=1S/C12H16BrN3O2S/c1-8-10(16(17)18)7-15-12(11(8)13)14-6-9-4-2-3-5-19-9/h7,9H,2-6H2,1H3,(H,14,15). The summed E-state index contributed by atoms with van der Waals surface area (Å²) in [5.74, 6) is 1.91. The van der Waals surface area contributed by atoms with Crippen LogP contribution in [0.4, 0.5) is 11.5 Å². The van der Waals surface area contributed by atoms with Crippen molar-refractivity contribution in [2.24, 2.45) is 0 Å². The summed E-state index contributed by atoms with van der Waals surface area (Å²) >= 11 is 5.37. The van der Waals surface area contributed by atoms with Crippen molar-refractivity contribution in [1.29, 1.82) is 0 Å². The van der Waals surface area contributed by atoms with Gasteiger partial charge in [-0.25, -0.2) is 4.98 Å². The topological polar surface area (TPSA) is 68.1 Å². The minimum Gasteiger partial charge on any atom is -0.368 e. The molecule has 1 unspecified atom stereocenters. The molecule has 1 saturated heterocycles. The monoisotopic (exact) mass is 345 g/mol. The van der Waals surface area contributed by atoms with Crippen LogP contribution < -0.4 is 5.32 Å². The van der Waals surface area contributed by atoms with Gasteiger partial charge in [0.25, 0.3) is 5.69 Å². The number of pyridine rings is 1. The van der Waals surface area contributed by atoms with E-state index >= 15 is 0 Å². The van der Waals surface area contributed by atoms with Gasteiger partial charge in [-0.1, -0.05) is 6.42 Å². The maximum atomic E-state index is 10.8. The fraction of sp³-hybridized carbons (Fsp3) is 0.583. The Morgan fingerprint density at radius 2 is 2.42 bits per heavy atom. The number of hydrogen-bond donors (Lipinski definition) is 1. The molecular weight excluding hydrogens is 330 g/mol. The lowest BCUT2D eigenvalue weighted by Crippen LogP contribution is -2.20. The van der Waals surface area contributed by atoms with E-state index in [2.05, 4.69) is 26.2 Å². The van der Waals surface area contributed by atoms with E-state index in [9.17, 15) is 10.1 Å². The molecule has 1 aliphatic rings. The van der Waals surface area contributed by atoms with E-state index in [1.807, 2.05) is 11.8 Å². The van der Waals surface area contributed by atoms with Gasteiger partial charge in [-0.15, -0.1) is 0 Å². The summed E-state index contributed by atoms with van der Waals surface area (Å²) < 4.78 is 0.683. The summed E-state index contributed by atoms with van der Waals surface area (Å²) in [6.45, 7) is 2.58. The molecule has 0 amide bonds. The third-order valence-corrected chi connectivity index (χ3v) is 5.57. The van der Waals surface area contributed by atoms with Crippen molar-refractivity contribution in [3.63, 3.8) is 0 Å². The minimum atomic E-state index is -0.409. The number of nitrogens with zero attached hydrogens (tertiary/aromatic N) is 2. The molecule has 1 aliphatic heterocycles. The number of aromatic nitrogens is 1. The Labute approximate surface area is 124 Å². The molecule has 0 radical (unpaired) electrons. The molecule has 1 N–H and O–H groups in total. The summed E-state index contributed by atoms with van der Waals surface area (Å²) in [6, 6.07) is 0. The van der Waals surface area contributed by atoms with E-state index in [0.717, 1.165) is 6.54 Å². The number of thioether (sulfide) groups is 1. The van der Waals surface area contributed by atoms with Gasteiger partial charge in [-0.3, -0.25) is 10.1 Å². The highest BCUT2D eigenvalue weighted by molar-refractivity contribution is 9.10. The minimum absolute atomic E-state index is 0.0458. The Kier molecular flexibility index (Phi) is 5.04. The molecule has 7 heteroatoms. The summed E-state index contributed by atoms with van der Waals surface area (Å²) in [5, 5.41) is 14.7. The second kappa shape index (κ2) is 6.56. The highest BCUT2D eigenvalue weighted by Gasteiger charge is 2.18. The first-order valence-electron chi connectivity index (χ1n) is 6.24. The van der Waals surface area contributed by atoms with Gasteiger partial charge < -0.3 is 5.32 Å². The lowest BCUT2D eigenvalue weighted by Gasteiger charge is -2.22. The summed E-state index contributed by atoms with van der Waals surface area (Å²) in [5.41, 5.74) is 0.656. The van der Waals surface area contributed by atoms with E-state index in [1.54, 1.807) is 6.92 Å². The fourth-order valence-electron chi connectivity index (χ4n) is 2.06. The van der Waals surface area contributed by atoms with Crippen molar-refractivity contribution in [1.82, 2.24) is 4.98 Å². The van der Waals surface area contributed by atoms with Crippen molar-refractivity contribution >= 4 is 39.2 Å². The second-order valence-corrected chi connectivity index (χ2v) is 6.76. The Bertz CT molecular complexity index is 478. The number of nitrogens with one attached hydrogen (secondary N) is 1. The van der Waals surface area contributed by atoms with E-state index in [0.29, 0.717) is 21.1 Å². The van der Waals surface area contributed by atoms with Crippen molar-refractivity contribution < 1.29 is 4.92 Å². The molecule has 0 aromatic carbocycles. The third kappa shape index (κ3) is 3.60. The molecule has 1 aromatic rings. The first kappa shape index (κ1) is 14.6. The van der Waals surface area contributed by atoms with Gasteiger partial charge in [0, 0.05) is 17.4 Å². The average molecular weight is 346 g/mol. The third-order valence-electron chi connectivity index (χ3n) is 3.21. The zero-order valence-corrected chi connectivity index (χ0v) is 13.1. The molecular formula is C12H16BrN3O2S. The van der Waals surface area contributed by atoms with Crippen LogP contribution in [0.15, 0.2) is 10.7 Å². The van der Waals surface area contributed by atoms with E-state index in [-0.39, 0.29) is 5.69 Å². The predicted octanol–water partition coefficient (Wildman–Crippen LogP) is 3.76. The maximum absolute atomic E-state index is 10.8. The van der Waals surface area contributed by atoms with Crippen LogP contribution in [0.25, 0.3) is 0 Å². The first-order valence-corrected chi connectivity index (χ1v) is 8.08. The van der Waals surface area contributed by atoms with Crippen LogP contribution in [0.5, 0.6) is 0 Å². The molecule has 5 nitrogen and oxygen atoms in total. The average Bonchev–Trinajstić information content (AvgIpc) is 2.41. The molecule has 104 valence electrons. The van der Waals surface area contributed by atoms with Gasteiger partial charge in [0.2, 0.25) is 0 Å². The summed E-state index contributed by atoms with van der Waals surface area (Å²) in [4.78, 5) is 14.5. The molecule has 0 saturated carbocycles. The molecule has 0 spiro atoms. The van der Waals surface area contributed by atoms with Gasteiger partial charge in [0.05, 0.1) is 9.40 Å². The van der Waals surface area contributed by atoms with Crippen LogP contribution in [-0.4, -0.2) is 27.5 Å². The van der Waals surface area contributed by atoms with Gasteiger partial charge >= 0.3 is 0 Å². The van der Waals surface area contributed by atoms with Gasteiger partial charge in [-0.05, 0) is 41.4 Å². The predicted molar refractivity (Wildman–Crippen MR) is 81.9 cm³/mol. The first-order chi connectivity index (χ1) is 9.09. The number of hydrogen-bond acceptors (Lipinski definition) is 5. The smallest absolute Gasteiger partial charge is 0.291 e. The Morgan fingerprint density at radius 1 is 1.63 bits per heavy atom. The van der Waals surface area contributed by atoms with Crippen LogP contribution in [0.3, 0.4) is 0 Å². The summed E-state index contributed by atoms with van der Waals surface area (Å²) in [7, 11) is 0. The molecule has 2 rings (SSSR count). The zero-order chi connectivity index (χ0) is 13.8. The van der Waals surface area contributed by atoms with Crippen LogP contribution in [0, 0.1) is 17.0 Å². The lowest BCUT2D eigenvalue weighted by molar-refractivity contribution is -0.385. The molecule has 19 heavy (non-hydrogen) atoms. The molecule has 1 atom stereocenters. The SMILES string of the molecule is Cc1c([N+](=O)[O-])cnc(NCC2CCCCS2)c1Br. The van der Waals surface area contributed by atoms with E-state index in [4.69, 9.17) is 0 Å². The molecule has 2 heterocycles. The summed E-state index contributed by atoms with van der Waals surface area (Å²) in [6.07, 6.45) is 5.13. The molecule has 0 aliphatic carbocycles. The van der Waals surface area contributed by atoms with Gasteiger partial charge in [-0.2, -0.15) is 11.8 Å². The number of anilines is 1. The van der Waals surface area contributed by atoms with E-state index < -0.39 is 4.92 Å². The van der Waals surface area contributed by atoms with Crippen molar-refractivity contribution in [3.05, 3.63) is 26.3 Å². The number of halogens is 1. The Morgan fingerprint density at radius 3 is 3.05 bits per heavy atom. The fourth-order valence-corrected chi connectivity index (χ4v) is 3.74. The van der Waals surface area contributed by atoms with Crippen molar-refractivity contribution in [2.45, 2.75) is 31.4 Å². The quantitative estimate of drug-likeness (QED) is 0.664. The number of rotatable bonds is 4. The van der Waals surface area contributed by atoms with E-state index in [1.165, 1.54) is 31.2 Å². The van der Waals surface area contributed by atoms with Crippen LogP contribution in [-0.2, 0) is 0 Å². The molecule has 1 aromatic heterocycles. The van der Waals surface area contributed by atoms with Crippen LogP contribution in [0.2, 0.25) is 0 Å². The normalized spacial score (nSPS) is 19.2.